The van der Waals surface area contributed by atoms with Gasteiger partial charge in [-0.05, 0) is 43.4 Å². The summed E-state index contributed by atoms with van der Waals surface area (Å²) in [5.74, 6) is 1.10. The minimum absolute atomic E-state index is 0.133. The molecular weight excluding hydrogens is 297 g/mol. The summed E-state index contributed by atoms with van der Waals surface area (Å²) in [6.07, 6.45) is 4.44. The minimum Gasteiger partial charge on any atom is -0.360 e. The van der Waals surface area contributed by atoms with Crippen molar-refractivity contribution in [2.24, 2.45) is 5.92 Å². The van der Waals surface area contributed by atoms with Crippen LogP contribution in [0.5, 0.6) is 0 Å². The van der Waals surface area contributed by atoms with E-state index in [0.29, 0.717) is 17.5 Å². The summed E-state index contributed by atoms with van der Waals surface area (Å²) in [5, 5.41) is 9.42. The number of aryl methyl sites for hydroxylation is 1. The molecule has 23 heavy (non-hydrogen) atoms. The van der Waals surface area contributed by atoms with Crippen LogP contribution >= 0.6 is 0 Å². The van der Waals surface area contributed by atoms with Crippen molar-refractivity contribution in [2.75, 3.05) is 5.32 Å². The molecule has 1 aromatic heterocycles. The number of hydrogen-bond acceptors (Lipinski definition) is 3. The Balaban J connectivity index is 1.72. The number of rotatable bonds is 4. The van der Waals surface area contributed by atoms with Gasteiger partial charge in [0.25, 0.3) is 0 Å². The lowest BCUT2D eigenvalue weighted by atomic mass is 9.92. The van der Waals surface area contributed by atoms with Crippen LogP contribution in [-0.4, -0.2) is 11.2 Å². The molecule has 0 radical (unpaired) electrons. The van der Waals surface area contributed by atoms with Gasteiger partial charge in [-0.2, -0.15) is 0 Å². The molecule has 1 fully saturated rings. The van der Waals surface area contributed by atoms with Crippen molar-refractivity contribution in [3.8, 4) is 0 Å². The number of nitrogens with one attached hydrogen (secondary N) is 2. The van der Waals surface area contributed by atoms with Crippen molar-refractivity contribution >= 4 is 11.8 Å². The second kappa shape index (κ2) is 6.81. The summed E-state index contributed by atoms with van der Waals surface area (Å²) in [7, 11) is 0. The maximum atomic E-state index is 13.2. The summed E-state index contributed by atoms with van der Waals surface area (Å²) in [6.45, 7) is 1.76. The third kappa shape index (κ3) is 3.88. The molecule has 1 aliphatic carbocycles. The number of anilines is 1. The first-order valence-electron chi connectivity index (χ1n) is 7.88. The van der Waals surface area contributed by atoms with Crippen LogP contribution in [0.4, 0.5) is 15.0 Å². The van der Waals surface area contributed by atoms with E-state index in [9.17, 15) is 9.18 Å². The van der Waals surface area contributed by atoms with E-state index in [2.05, 4.69) is 15.8 Å². The molecule has 1 saturated carbocycles. The van der Waals surface area contributed by atoms with Crippen molar-refractivity contribution in [1.29, 1.82) is 0 Å². The Bertz CT molecular complexity index is 663. The lowest BCUT2D eigenvalue weighted by Gasteiger charge is -2.25. The zero-order chi connectivity index (χ0) is 16.2. The standard InChI is InChI=1S/C17H20FN3O2/c1-11-10-15(21-23-11)19-17(22)20-16(12-4-2-3-5-12)13-6-8-14(18)9-7-13/h6-10,12,16H,2-5H2,1H3,(H2,19,20,21,22)/t16-/m1/s1. The Hall–Kier alpha value is -2.37. The van der Waals surface area contributed by atoms with E-state index >= 15 is 0 Å². The second-order valence-corrected chi connectivity index (χ2v) is 6.00. The summed E-state index contributed by atoms with van der Waals surface area (Å²) in [5.41, 5.74) is 0.921. The molecule has 2 N–H and O–H groups in total. The van der Waals surface area contributed by atoms with Gasteiger partial charge in [0.2, 0.25) is 0 Å². The van der Waals surface area contributed by atoms with Crippen LogP contribution in [0.2, 0.25) is 0 Å². The molecule has 1 atom stereocenters. The summed E-state index contributed by atoms with van der Waals surface area (Å²) in [6, 6.07) is 7.51. The molecule has 3 rings (SSSR count). The van der Waals surface area contributed by atoms with Crippen molar-refractivity contribution in [1.82, 2.24) is 10.5 Å². The Morgan fingerprint density at radius 1 is 1.30 bits per heavy atom. The molecule has 0 aliphatic heterocycles. The highest BCUT2D eigenvalue weighted by Gasteiger charge is 2.28. The number of carbonyl (C=O) groups is 1. The van der Waals surface area contributed by atoms with Crippen molar-refractivity contribution < 1.29 is 13.7 Å². The molecule has 1 heterocycles. The Kier molecular flexibility index (Phi) is 4.60. The quantitative estimate of drug-likeness (QED) is 0.889. The smallest absolute Gasteiger partial charge is 0.320 e. The van der Waals surface area contributed by atoms with Crippen molar-refractivity contribution in [3.63, 3.8) is 0 Å². The molecule has 0 spiro atoms. The van der Waals surface area contributed by atoms with Crippen LogP contribution in [0.3, 0.4) is 0 Å². The largest absolute Gasteiger partial charge is 0.360 e. The fourth-order valence-electron chi connectivity index (χ4n) is 3.15. The first-order chi connectivity index (χ1) is 11.1. The van der Waals surface area contributed by atoms with E-state index in [-0.39, 0.29) is 17.9 Å². The fourth-order valence-corrected chi connectivity index (χ4v) is 3.15. The average Bonchev–Trinajstić information content (AvgIpc) is 3.18. The Labute approximate surface area is 134 Å². The number of urea groups is 1. The molecule has 0 bridgehead atoms. The maximum Gasteiger partial charge on any atom is 0.320 e. The van der Waals surface area contributed by atoms with E-state index in [4.69, 9.17) is 4.52 Å². The monoisotopic (exact) mass is 317 g/mol. The van der Waals surface area contributed by atoms with Gasteiger partial charge in [-0.25, -0.2) is 9.18 Å². The lowest BCUT2D eigenvalue weighted by Crippen LogP contribution is -2.36. The SMILES string of the molecule is Cc1cc(NC(=O)N[C@@H](c2ccc(F)cc2)C2CCCC2)no1. The summed E-state index contributed by atoms with van der Waals surface area (Å²) < 4.78 is 18.1. The molecule has 0 saturated heterocycles. The average molecular weight is 317 g/mol. The van der Waals surface area contributed by atoms with E-state index < -0.39 is 0 Å². The topological polar surface area (TPSA) is 67.2 Å². The van der Waals surface area contributed by atoms with Gasteiger partial charge >= 0.3 is 6.03 Å². The van der Waals surface area contributed by atoms with E-state index in [1.807, 2.05) is 0 Å². The van der Waals surface area contributed by atoms with Crippen LogP contribution in [-0.2, 0) is 0 Å². The number of carbonyl (C=O) groups excluding carboxylic acids is 1. The number of amides is 2. The Morgan fingerprint density at radius 2 is 2.00 bits per heavy atom. The highest BCUT2D eigenvalue weighted by atomic mass is 19.1. The molecule has 1 aliphatic rings. The maximum absolute atomic E-state index is 13.2. The molecule has 5 nitrogen and oxygen atoms in total. The number of aromatic nitrogens is 1. The third-order valence-electron chi connectivity index (χ3n) is 4.26. The molecule has 0 unspecified atom stereocenters. The van der Waals surface area contributed by atoms with E-state index in [1.165, 1.54) is 12.1 Å². The van der Waals surface area contributed by atoms with E-state index in [0.717, 1.165) is 31.2 Å². The Morgan fingerprint density at radius 3 is 2.61 bits per heavy atom. The van der Waals surface area contributed by atoms with Gasteiger partial charge in [0.05, 0.1) is 6.04 Å². The molecule has 122 valence electrons. The first-order valence-corrected chi connectivity index (χ1v) is 7.88. The molecule has 2 amide bonds. The summed E-state index contributed by atoms with van der Waals surface area (Å²) in [4.78, 5) is 12.3. The molecule has 2 aromatic rings. The third-order valence-corrected chi connectivity index (χ3v) is 4.26. The zero-order valence-corrected chi connectivity index (χ0v) is 13.0. The van der Waals surface area contributed by atoms with Gasteiger partial charge in [0.15, 0.2) is 5.82 Å². The van der Waals surface area contributed by atoms with Crippen LogP contribution in [0, 0.1) is 18.7 Å². The highest BCUT2D eigenvalue weighted by Crippen LogP contribution is 2.35. The first kappa shape index (κ1) is 15.5. The zero-order valence-electron chi connectivity index (χ0n) is 13.0. The van der Waals surface area contributed by atoms with Crippen LogP contribution < -0.4 is 10.6 Å². The lowest BCUT2D eigenvalue weighted by molar-refractivity contribution is 0.242. The van der Waals surface area contributed by atoms with E-state index in [1.54, 1.807) is 25.1 Å². The van der Waals surface area contributed by atoms with Gasteiger partial charge in [-0.1, -0.05) is 30.1 Å². The second-order valence-electron chi connectivity index (χ2n) is 6.00. The molecule has 6 heteroatoms. The van der Waals surface area contributed by atoms with Crippen molar-refractivity contribution in [3.05, 3.63) is 47.5 Å². The number of benzene rings is 1. The number of halogens is 1. The van der Waals surface area contributed by atoms with Crippen molar-refractivity contribution in [2.45, 2.75) is 38.6 Å². The number of nitrogens with zero attached hydrogens (tertiary/aromatic N) is 1. The van der Waals surface area contributed by atoms with Gasteiger partial charge in [-0.15, -0.1) is 0 Å². The fraction of sp³-hybridized carbons (Fsp3) is 0.412. The minimum atomic E-state index is -0.334. The van der Waals surface area contributed by atoms with Gasteiger partial charge in [-0.3, -0.25) is 5.32 Å². The van der Waals surface area contributed by atoms with Crippen LogP contribution in [0.15, 0.2) is 34.9 Å². The van der Waals surface area contributed by atoms with Gasteiger partial charge in [0.1, 0.15) is 11.6 Å². The molecular formula is C17H20FN3O2. The normalized spacial score (nSPS) is 16.3. The van der Waals surface area contributed by atoms with Gasteiger partial charge in [0, 0.05) is 6.07 Å². The number of hydrogen-bond donors (Lipinski definition) is 2. The molecule has 1 aromatic carbocycles. The van der Waals surface area contributed by atoms with Gasteiger partial charge < -0.3 is 9.84 Å². The predicted molar refractivity (Wildman–Crippen MR) is 84.5 cm³/mol. The predicted octanol–water partition coefficient (Wildman–Crippen LogP) is 4.18. The van der Waals surface area contributed by atoms with Crippen LogP contribution in [0.1, 0.15) is 43.0 Å². The highest BCUT2D eigenvalue weighted by molar-refractivity contribution is 5.88. The summed E-state index contributed by atoms with van der Waals surface area (Å²) >= 11 is 0. The van der Waals surface area contributed by atoms with Crippen LogP contribution in [0.25, 0.3) is 0 Å².